The van der Waals surface area contributed by atoms with E-state index in [9.17, 15) is 25.0 Å². The summed E-state index contributed by atoms with van der Waals surface area (Å²) in [6.45, 7) is 1.74. The number of hydrogen-bond donors (Lipinski definition) is 2. The number of nitro benzene ring substituents is 2. The predicted molar refractivity (Wildman–Crippen MR) is 116 cm³/mol. The predicted octanol–water partition coefficient (Wildman–Crippen LogP) is 4.27. The van der Waals surface area contributed by atoms with E-state index in [-0.39, 0.29) is 11.4 Å². The Bertz CT molecular complexity index is 1250. The average Bonchev–Trinajstić information content (AvgIpc) is 3.40. The number of carbonyl (C=O) groups excluding carboxylic acids is 1. The van der Waals surface area contributed by atoms with E-state index in [4.69, 9.17) is 4.42 Å². The Labute approximate surface area is 184 Å². The molecule has 2 aromatic heterocycles. The Morgan fingerprint density at radius 2 is 2.06 bits per heavy atom. The highest BCUT2D eigenvalue weighted by atomic mass is 32.1. The number of anilines is 2. The summed E-state index contributed by atoms with van der Waals surface area (Å²) in [5.74, 6) is 0.336. The van der Waals surface area contributed by atoms with Gasteiger partial charge >= 0.3 is 5.69 Å². The van der Waals surface area contributed by atoms with Crippen molar-refractivity contribution in [1.82, 2.24) is 4.98 Å². The number of amides is 1. The number of hydrazone groups is 1. The first-order valence-corrected chi connectivity index (χ1v) is 10.3. The third kappa shape index (κ3) is 4.05. The minimum absolute atomic E-state index is 0.0168. The molecule has 1 aliphatic rings. The molecule has 4 rings (SSSR count). The van der Waals surface area contributed by atoms with E-state index in [0.717, 1.165) is 18.6 Å². The summed E-state index contributed by atoms with van der Waals surface area (Å²) < 4.78 is 5.81. The van der Waals surface area contributed by atoms with Crippen LogP contribution in [0.5, 0.6) is 0 Å². The second kappa shape index (κ2) is 8.55. The number of non-ortho nitro benzene ring substituents is 1. The van der Waals surface area contributed by atoms with Crippen molar-refractivity contribution in [3.8, 4) is 0 Å². The summed E-state index contributed by atoms with van der Waals surface area (Å²) in [5, 5.41) is 31.4. The Hall–Kier alpha value is -4.13. The van der Waals surface area contributed by atoms with Crippen molar-refractivity contribution >= 4 is 45.1 Å². The SMILES string of the molecule is Cc1c(C(=O)Nc2nccs2)oc2c1/C(=N/Nc1ccc([N+](=O)[O-])cc1[N+](=O)[O-])CCC2. The molecule has 1 amide bonds. The van der Waals surface area contributed by atoms with E-state index in [1.165, 1.54) is 17.4 Å². The van der Waals surface area contributed by atoms with E-state index >= 15 is 0 Å². The van der Waals surface area contributed by atoms with Crippen molar-refractivity contribution in [2.75, 3.05) is 10.7 Å². The zero-order valence-corrected chi connectivity index (χ0v) is 17.5. The van der Waals surface area contributed by atoms with Gasteiger partial charge in [-0.3, -0.25) is 35.8 Å². The van der Waals surface area contributed by atoms with Gasteiger partial charge in [-0.05, 0) is 25.8 Å². The normalized spacial score (nSPS) is 14.1. The van der Waals surface area contributed by atoms with E-state index in [1.54, 1.807) is 18.5 Å². The number of benzene rings is 1. The fraction of sp³-hybridized carbons (Fsp3) is 0.211. The number of nitro groups is 2. The van der Waals surface area contributed by atoms with Crippen LogP contribution in [0, 0.1) is 27.2 Å². The van der Waals surface area contributed by atoms with Crippen molar-refractivity contribution in [2.24, 2.45) is 5.10 Å². The lowest BCUT2D eigenvalue weighted by Gasteiger charge is -2.13. The van der Waals surface area contributed by atoms with Crippen LogP contribution < -0.4 is 10.7 Å². The van der Waals surface area contributed by atoms with Crippen molar-refractivity contribution < 1.29 is 19.1 Å². The number of aryl methyl sites for hydroxylation is 1. The first kappa shape index (κ1) is 21.1. The molecular formula is C19H16N6O6S. The van der Waals surface area contributed by atoms with Crippen molar-refractivity contribution in [2.45, 2.75) is 26.2 Å². The highest BCUT2D eigenvalue weighted by Gasteiger charge is 2.28. The smallest absolute Gasteiger partial charge is 0.301 e. The number of thiazole rings is 1. The van der Waals surface area contributed by atoms with Crippen LogP contribution in [0.2, 0.25) is 0 Å². The molecule has 3 aromatic rings. The minimum Gasteiger partial charge on any atom is -0.455 e. The number of rotatable bonds is 6. The molecule has 2 heterocycles. The van der Waals surface area contributed by atoms with Crippen molar-refractivity contribution in [3.63, 3.8) is 0 Å². The third-order valence-electron chi connectivity index (χ3n) is 4.88. The van der Waals surface area contributed by atoms with E-state index in [0.29, 0.717) is 40.6 Å². The lowest BCUT2D eigenvalue weighted by Crippen LogP contribution is -2.14. The van der Waals surface area contributed by atoms with Gasteiger partial charge in [0.15, 0.2) is 10.9 Å². The van der Waals surface area contributed by atoms with Crippen molar-refractivity contribution in [3.05, 3.63) is 72.7 Å². The Morgan fingerprint density at radius 3 is 2.75 bits per heavy atom. The lowest BCUT2D eigenvalue weighted by atomic mass is 9.93. The second-order valence-electron chi connectivity index (χ2n) is 6.89. The Balaban J connectivity index is 1.64. The first-order chi connectivity index (χ1) is 15.3. The summed E-state index contributed by atoms with van der Waals surface area (Å²) in [7, 11) is 0. The fourth-order valence-corrected chi connectivity index (χ4v) is 3.97. The topological polar surface area (TPSA) is 166 Å². The maximum atomic E-state index is 12.6. The lowest BCUT2D eigenvalue weighted by molar-refractivity contribution is -0.393. The number of nitrogens with zero attached hydrogens (tertiary/aromatic N) is 4. The van der Waals surface area contributed by atoms with Gasteiger partial charge in [0.2, 0.25) is 0 Å². The van der Waals surface area contributed by atoms with Gasteiger partial charge in [-0.15, -0.1) is 11.3 Å². The molecule has 2 N–H and O–H groups in total. The number of fused-ring (bicyclic) bond motifs is 1. The van der Waals surface area contributed by atoms with Crippen LogP contribution in [0.15, 0.2) is 39.3 Å². The van der Waals surface area contributed by atoms with Crippen LogP contribution in [0.25, 0.3) is 0 Å². The van der Waals surface area contributed by atoms with Crippen LogP contribution >= 0.6 is 11.3 Å². The van der Waals surface area contributed by atoms with E-state index in [2.05, 4.69) is 20.8 Å². The number of nitrogens with one attached hydrogen (secondary N) is 2. The maximum Gasteiger partial charge on any atom is 0.301 e. The van der Waals surface area contributed by atoms with Gasteiger partial charge in [0.1, 0.15) is 11.4 Å². The number of furan rings is 1. The molecular weight excluding hydrogens is 440 g/mol. The van der Waals surface area contributed by atoms with Gasteiger partial charge in [0.25, 0.3) is 11.6 Å². The van der Waals surface area contributed by atoms with Crippen LogP contribution in [0.4, 0.5) is 22.2 Å². The number of aromatic nitrogens is 1. The van der Waals surface area contributed by atoms with E-state index < -0.39 is 27.1 Å². The molecule has 0 saturated carbocycles. The standard InChI is InChI=1S/C19H16N6O6S/c1-10-16-13(23-22-12-6-5-11(24(27)28)9-14(12)25(29)30)3-2-4-15(16)31-17(10)18(26)21-19-20-7-8-32-19/h5-9,22H,2-4H2,1H3,(H,20,21,26)/b23-13+. The largest absolute Gasteiger partial charge is 0.455 e. The average molecular weight is 456 g/mol. The number of carbonyl (C=O) groups is 1. The molecule has 0 spiro atoms. The van der Waals surface area contributed by atoms with Crippen LogP contribution in [0.1, 0.15) is 40.3 Å². The zero-order chi connectivity index (χ0) is 22.8. The molecule has 13 heteroatoms. The van der Waals surface area contributed by atoms with E-state index in [1.807, 2.05) is 0 Å². The van der Waals surface area contributed by atoms with Crippen molar-refractivity contribution in [1.29, 1.82) is 0 Å². The van der Waals surface area contributed by atoms with Gasteiger partial charge in [-0.25, -0.2) is 4.98 Å². The van der Waals surface area contributed by atoms with Gasteiger partial charge in [-0.2, -0.15) is 5.10 Å². The summed E-state index contributed by atoms with van der Waals surface area (Å²) in [6, 6.07) is 3.27. The van der Waals surface area contributed by atoms with Gasteiger partial charge < -0.3 is 4.42 Å². The minimum atomic E-state index is -0.716. The molecule has 0 radical (unpaired) electrons. The molecule has 1 aromatic carbocycles. The second-order valence-corrected chi connectivity index (χ2v) is 7.78. The molecule has 1 aliphatic carbocycles. The fourth-order valence-electron chi connectivity index (χ4n) is 3.44. The summed E-state index contributed by atoms with van der Waals surface area (Å²) in [4.78, 5) is 37.5. The summed E-state index contributed by atoms with van der Waals surface area (Å²) in [6.07, 6.45) is 3.48. The Kier molecular flexibility index (Phi) is 5.64. The highest BCUT2D eigenvalue weighted by molar-refractivity contribution is 7.13. The first-order valence-electron chi connectivity index (χ1n) is 9.44. The van der Waals surface area contributed by atoms with Gasteiger partial charge in [0, 0.05) is 35.2 Å². The third-order valence-corrected chi connectivity index (χ3v) is 5.57. The van der Waals surface area contributed by atoms with Crippen LogP contribution in [-0.4, -0.2) is 26.4 Å². The van der Waals surface area contributed by atoms with Crippen LogP contribution in [-0.2, 0) is 6.42 Å². The summed E-state index contributed by atoms with van der Waals surface area (Å²) >= 11 is 1.28. The van der Waals surface area contributed by atoms with Gasteiger partial charge in [0.05, 0.1) is 21.6 Å². The molecule has 0 aliphatic heterocycles. The highest BCUT2D eigenvalue weighted by Crippen LogP contribution is 2.32. The van der Waals surface area contributed by atoms with Gasteiger partial charge in [-0.1, -0.05) is 0 Å². The molecule has 0 fully saturated rings. The molecule has 0 atom stereocenters. The summed E-state index contributed by atoms with van der Waals surface area (Å²) in [5.41, 5.74) is 3.67. The van der Waals surface area contributed by atoms with Crippen LogP contribution in [0.3, 0.4) is 0 Å². The molecule has 164 valence electrons. The quantitative estimate of drug-likeness (QED) is 0.410. The monoisotopic (exact) mass is 456 g/mol. The Morgan fingerprint density at radius 1 is 1.25 bits per heavy atom. The molecule has 0 unspecified atom stereocenters. The molecule has 12 nitrogen and oxygen atoms in total. The zero-order valence-electron chi connectivity index (χ0n) is 16.7. The number of hydrogen-bond acceptors (Lipinski definition) is 10. The maximum absolute atomic E-state index is 12.6. The molecule has 0 saturated heterocycles. The molecule has 32 heavy (non-hydrogen) atoms. The molecule has 0 bridgehead atoms.